The summed E-state index contributed by atoms with van der Waals surface area (Å²) in [5.74, 6) is 0.960. The second-order valence-corrected chi connectivity index (χ2v) is 4.05. The maximum atomic E-state index is 5.79. The quantitative estimate of drug-likeness (QED) is 0.681. The highest BCUT2D eigenvalue weighted by Gasteiger charge is 2.05. The van der Waals surface area contributed by atoms with Gasteiger partial charge in [-0.15, -0.1) is 0 Å². The first kappa shape index (κ1) is 15.0. The molecule has 18 heavy (non-hydrogen) atoms. The molecule has 102 valence electrons. The van der Waals surface area contributed by atoms with Crippen LogP contribution in [0.5, 0.6) is 5.75 Å². The van der Waals surface area contributed by atoms with Crippen LogP contribution < -0.4 is 10.1 Å². The van der Waals surface area contributed by atoms with Crippen molar-refractivity contribution >= 4 is 0 Å². The predicted molar refractivity (Wildman–Crippen MR) is 72.1 cm³/mol. The van der Waals surface area contributed by atoms with Gasteiger partial charge in [-0.3, -0.25) is 0 Å². The smallest absolute Gasteiger partial charge is 0.126 e. The summed E-state index contributed by atoms with van der Waals surface area (Å²) in [6.45, 7) is 5.23. The Hall–Kier alpha value is -1.10. The molecule has 1 aromatic rings. The summed E-state index contributed by atoms with van der Waals surface area (Å²) in [5.41, 5.74) is 2.33. The third-order valence-corrected chi connectivity index (χ3v) is 2.57. The van der Waals surface area contributed by atoms with Crippen LogP contribution in [0.25, 0.3) is 0 Å². The van der Waals surface area contributed by atoms with Gasteiger partial charge in [0.05, 0.1) is 19.8 Å². The molecule has 0 atom stereocenters. The second-order valence-electron chi connectivity index (χ2n) is 4.05. The van der Waals surface area contributed by atoms with Crippen LogP contribution in [0.15, 0.2) is 18.2 Å². The average molecular weight is 253 g/mol. The maximum absolute atomic E-state index is 5.79. The number of benzene rings is 1. The molecular formula is C14H23NO3. The molecule has 0 saturated heterocycles. The van der Waals surface area contributed by atoms with E-state index in [2.05, 4.69) is 24.4 Å². The normalized spacial score (nSPS) is 10.6. The number of rotatable bonds is 9. The fourth-order valence-electron chi connectivity index (χ4n) is 1.70. The Bertz CT molecular complexity index is 342. The van der Waals surface area contributed by atoms with Crippen molar-refractivity contribution in [3.63, 3.8) is 0 Å². The lowest BCUT2D eigenvalue weighted by Gasteiger charge is -2.14. The van der Waals surface area contributed by atoms with E-state index in [-0.39, 0.29) is 0 Å². The summed E-state index contributed by atoms with van der Waals surface area (Å²) in [5, 5.41) is 3.14. The van der Waals surface area contributed by atoms with Crippen LogP contribution in [0.2, 0.25) is 0 Å². The summed E-state index contributed by atoms with van der Waals surface area (Å²) < 4.78 is 16.1. The third-order valence-electron chi connectivity index (χ3n) is 2.57. The first-order chi connectivity index (χ1) is 8.79. The van der Waals surface area contributed by atoms with Crippen LogP contribution in [0, 0.1) is 6.92 Å². The molecule has 0 aliphatic carbocycles. The molecule has 0 bridgehead atoms. The molecule has 0 aromatic heterocycles. The van der Waals surface area contributed by atoms with Gasteiger partial charge < -0.3 is 19.5 Å². The van der Waals surface area contributed by atoms with Crippen LogP contribution in [0.1, 0.15) is 11.1 Å². The summed E-state index contributed by atoms with van der Waals surface area (Å²) in [6.07, 6.45) is 0. The van der Waals surface area contributed by atoms with Crippen LogP contribution in [0.3, 0.4) is 0 Å². The number of aryl methyl sites for hydroxylation is 1. The van der Waals surface area contributed by atoms with E-state index >= 15 is 0 Å². The highest BCUT2D eigenvalue weighted by molar-refractivity contribution is 5.40. The number of nitrogens with one attached hydrogen (secondary N) is 1. The Kier molecular flexibility index (Phi) is 7.41. The molecular weight excluding hydrogens is 230 g/mol. The van der Waals surface area contributed by atoms with E-state index in [1.807, 2.05) is 13.1 Å². The van der Waals surface area contributed by atoms with Crippen LogP contribution in [0.4, 0.5) is 0 Å². The largest absolute Gasteiger partial charge is 0.491 e. The van der Waals surface area contributed by atoms with Crippen molar-refractivity contribution in [3.8, 4) is 5.75 Å². The molecule has 4 heteroatoms. The molecule has 1 aromatic carbocycles. The lowest BCUT2D eigenvalue weighted by atomic mass is 10.1. The van der Waals surface area contributed by atoms with Gasteiger partial charge in [-0.2, -0.15) is 0 Å². The zero-order valence-electron chi connectivity index (χ0n) is 11.5. The van der Waals surface area contributed by atoms with Gasteiger partial charge in [-0.05, 0) is 19.5 Å². The first-order valence-corrected chi connectivity index (χ1v) is 6.22. The van der Waals surface area contributed by atoms with Crippen molar-refractivity contribution in [1.29, 1.82) is 0 Å². The van der Waals surface area contributed by atoms with Gasteiger partial charge in [0.15, 0.2) is 0 Å². The van der Waals surface area contributed by atoms with E-state index < -0.39 is 0 Å². The monoisotopic (exact) mass is 253 g/mol. The topological polar surface area (TPSA) is 39.7 Å². The fraction of sp³-hybridized carbons (Fsp3) is 0.571. The standard InChI is InChI=1S/C14H23NO3/c1-12-5-4-6-13(11-15-2)14(12)18-10-9-17-8-7-16-3/h4-6,15H,7-11H2,1-3H3. The highest BCUT2D eigenvalue weighted by Crippen LogP contribution is 2.23. The zero-order chi connectivity index (χ0) is 13.2. The minimum absolute atomic E-state index is 0.561. The van der Waals surface area contributed by atoms with Crippen molar-refractivity contribution in [3.05, 3.63) is 29.3 Å². The molecule has 1 rings (SSSR count). The molecule has 0 heterocycles. The number of methoxy groups -OCH3 is 1. The number of ether oxygens (including phenoxy) is 3. The Morgan fingerprint density at radius 2 is 1.89 bits per heavy atom. The summed E-state index contributed by atoms with van der Waals surface area (Å²) in [6, 6.07) is 6.18. The third kappa shape index (κ3) is 5.04. The lowest BCUT2D eigenvalue weighted by Crippen LogP contribution is -2.13. The predicted octanol–water partition coefficient (Wildman–Crippen LogP) is 1.76. The Morgan fingerprint density at radius 1 is 1.11 bits per heavy atom. The Labute approximate surface area is 109 Å². The van der Waals surface area contributed by atoms with Gasteiger partial charge in [0, 0.05) is 19.2 Å². The van der Waals surface area contributed by atoms with Crippen molar-refractivity contribution in [1.82, 2.24) is 5.32 Å². The SMILES string of the molecule is CNCc1cccc(C)c1OCCOCCOC. The summed E-state index contributed by atoms with van der Waals surface area (Å²) in [4.78, 5) is 0. The van der Waals surface area contributed by atoms with Gasteiger partial charge in [-0.25, -0.2) is 0 Å². The fourth-order valence-corrected chi connectivity index (χ4v) is 1.70. The summed E-state index contributed by atoms with van der Waals surface area (Å²) in [7, 11) is 3.59. The number of hydrogen-bond acceptors (Lipinski definition) is 4. The van der Waals surface area contributed by atoms with Crippen molar-refractivity contribution < 1.29 is 14.2 Å². The van der Waals surface area contributed by atoms with Crippen LogP contribution >= 0.6 is 0 Å². The van der Waals surface area contributed by atoms with Crippen LogP contribution in [-0.2, 0) is 16.0 Å². The van der Waals surface area contributed by atoms with Gasteiger partial charge in [0.25, 0.3) is 0 Å². The van der Waals surface area contributed by atoms with Gasteiger partial charge in [0.1, 0.15) is 12.4 Å². The van der Waals surface area contributed by atoms with E-state index in [0.717, 1.165) is 17.9 Å². The Balaban J connectivity index is 2.40. The maximum Gasteiger partial charge on any atom is 0.126 e. The second kappa shape index (κ2) is 8.91. The van der Waals surface area contributed by atoms with Gasteiger partial charge >= 0.3 is 0 Å². The molecule has 1 N–H and O–H groups in total. The minimum Gasteiger partial charge on any atom is -0.491 e. The molecule has 0 unspecified atom stereocenters. The van der Waals surface area contributed by atoms with E-state index in [4.69, 9.17) is 14.2 Å². The average Bonchev–Trinajstić information content (AvgIpc) is 2.36. The molecule has 0 spiro atoms. The molecule has 0 saturated carbocycles. The molecule has 0 aliphatic heterocycles. The van der Waals surface area contributed by atoms with Gasteiger partial charge in [0.2, 0.25) is 0 Å². The molecule has 0 radical (unpaired) electrons. The molecule has 4 nitrogen and oxygen atoms in total. The van der Waals surface area contributed by atoms with E-state index in [1.165, 1.54) is 5.56 Å². The molecule has 0 fully saturated rings. The first-order valence-electron chi connectivity index (χ1n) is 6.22. The van der Waals surface area contributed by atoms with Crippen molar-refractivity contribution in [2.24, 2.45) is 0 Å². The minimum atomic E-state index is 0.561. The van der Waals surface area contributed by atoms with Crippen molar-refractivity contribution in [2.75, 3.05) is 40.6 Å². The Morgan fingerprint density at radius 3 is 2.61 bits per heavy atom. The lowest BCUT2D eigenvalue weighted by molar-refractivity contribution is 0.0541. The van der Waals surface area contributed by atoms with Crippen molar-refractivity contribution in [2.45, 2.75) is 13.5 Å². The van der Waals surface area contributed by atoms with E-state index in [1.54, 1.807) is 7.11 Å². The number of para-hydroxylation sites is 1. The summed E-state index contributed by atoms with van der Waals surface area (Å²) >= 11 is 0. The number of hydrogen-bond donors (Lipinski definition) is 1. The van der Waals surface area contributed by atoms with Gasteiger partial charge in [-0.1, -0.05) is 18.2 Å². The zero-order valence-corrected chi connectivity index (χ0v) is 11.5. The van der Waals surface area contributed by atoms with Crippen LogP contribution in [-0.4, -0.2) is 40.6 Å². The molecule has 0 amide bonds. The molecule has 0 aliphatic rings. The van der Waals surface area contributed by atoms with E-state index in [9.17, 15) is 0 Å². The highest BCUT2D eigenvalue weighted by atomic mass is 16.5. The van der Waals surface area contributed by atoms with E-state index in [0.29, 0.717) is 26.4 Å².